The number of fused-ring (bicyclic) bond motifs is 1. The molecule has 1 aromatic heterocycles. The highest BCUT2D eigenvalue weighted by Crippen LogP contribution is 2.29. The minimum atomic E-state index is -0.0209. The lowest BCUT2D eigenvalue weighted by atomic mass is 10.2. The van der Waals surface area contributed by atoms with Crippen molar-refractivity contribution in [3.8, 4) is 23.0 Å². The lowest BCUT2D eigenvalue weighted by Crippen LogP contribution is -2.02. The molecule has 0 fully saturated rings. The first-order valence-corrected chi connectivity index (χ1v) is 10.2. The van der Waals surface area contributed by atoms with Gasteiger partial charge in [-0.15, -0.1) is 0 Å². The Labute approximate surface area is 195 Å². The van der Waals surface area contributed by atoms with Gasteiger partial charge < -0.3 is 19.7 Å². The van der Waals surface area contributed by atoms with Gasteiger partial charge in [0.05, 0.1) is 32.2 Å². The van der Waals surface area contributed by atoms with E-state index >= 15 is 0 Å². The zero-order valence-corrected chi connectivity index (χ0v) is 18.4. The number of phenols is 2. The first-order chi connectivity index (χ1) is 16.6. The summed E-state index contributed by atoms with van der Waals surface area (Å²) >= 11 is 0. The van der Waals surface area contributed by atoms with Gasteiger partial charge >= 0.3 is 0 Å². The highest BCUT2D eigenvalue weighted by Gasteiger charge is 2.09. The summed E-state index contributed by atoms with van der Waals surface area (Å²) < 4.78 is 10.2. The molecule has 34 heavy (non-hydrogen) atoms. The Morgan fingerprint density at radius 2 is 1.32 bits per heavy atom. The maximum absolute atomic E-state index is 10.2. The summed E-state index contributed by atoms with van der Waals surface area (Å²) in [7, 11) is 2.96. The molecule has 172 valence electrons. The summed E-state index contributed by atoms with van der Waals surface area (Å²) in [6.07, 6.45) is 2.90. The van der Waals surface area contributed by atoms with Crippen LogP contribution in [0.25, 0.3) is 10.9 Å². The second-order valence-corrected chi connectivity index (χ2v) is 6.95. The fourth-order valence-electron chi connectivity index (χ4n) is 3.15. The van der Waals surface area contributed by atoms with Crippen molar-refractivity contribution in [2.75, 3.05) is 25.1 Å². The molecule has 4 rings (SSSR count). The molecule has 0 spiro atoms. The molecule has 0 saturated carbocycles. The highest BCUT2D eigenvalue weighted by molar-refractivity contribution is 5.91. The molecule has 0 unspecified atom stereocenters. The van der Waals surface area contributed by atoms with E-state index in [1.807, 2.05) is 24.3 Å². The lowest BCUT2D eigenvalue weighted by molar-refractivity contribution is 0.373. The Balaban J connectivity index is 1.57. The number of ether oxygens (including phenoxy) is 2. The molecule has 0 saturated heterocycles. The van der Waals surface area contributed by atoms with E-state index in [0.29, 0.717) is 34.0 Å². The fourth-order valence-corrected chi connectivity index (χ4v) is 3.15. The van der Waals surface area contributed by atoms with Gasteiger partial charge in [-0.3, -0.25) is 5.43 Å². The van der Waals surface area contributed by atoms with Crippen LogP contribution in [0.2, 0.25) is 0 Å². The molecule has 0 bridgehead atoms. The summed E-state index contributed by atoms with van der Waals surface area (Å²) in [6.45, 7) is 0. The van der Waals surface area contributed by atoms with Crippen molar-refractivity contribution < 1.29 is 19.7 Å². The van der Waals surface area contributed by atoms with Crippen molar-refractivity contribution in [3.63, 3.8) is 0 Å². The van der Waals surface area contributed by atoms with Gasteiger partial charge in [0.1, 0.15) is 0 Å². The van der Waals surface area contributed by atoms with Crippen LogP contribution < -0.4 is 20.3 Å². The number of methoxy groups -OCH3 is 2. The fraction of sp³-hybridized carbons (Fsp3) is 0.0833. The van der Waals surface area contributed by atoms with Crippen LogP contribution in [-0.4, -0.2) is 46.8 Å². The van der Waals surface area contributed by atoms with Crippen LogP contribution in [0.1, 0.15) is 11.1 Å². The number of anilines is 2. The zero-order chi connectivity index (χ0) is 23.9. The quantitative estimate of drug-likeness (QED) is 0.230. The minimum Gasteiger partial charge on any atom is -0.504 e. The number of para-hydroxylation sites is 3. The molecule has 4 N–H and O–H groups in total. The number of phenolic OH excluding ortho intramolecular Hbond substituents is 2. The van der Waals surface area contributed by atoms with Crippen LogP contribution in [0, 0.1) is 0 Å². The Bertz CT molecular complexity index is 1370. The topological polar surface area (TPSA) is 133 Å². The molecule has 0 aliphatic rings. The Morgan fingerprint density at radius 1 is 0.735 bits per heavy atom. The maximum Gasteiger partial charge on any atom is 0.246 e. The normalized spacial score (nSPS) is 11.2. The van der Waals surface area contributed by atoms with E-state index < -0.39 is 0 Å². The molecule has 0 radical (unpaired) electrons. The SMILES string of the molecule is COc1cccc(/C=N/Nc2nc(N/N=C/c3cccc(OC)c3O)c3ccccc3n2)c1O. The number of nitrogens with one attached hydrogen (secondary N) is 2. The third-order valence-corrected chi connectivity index (χ3v) is 4.85. The van der Waals surface area contributed by atoms with Gasteiger partial charge in [0.15, 0.2) is 28.8 Å². The van der Waals surface area contributed by atoms with Gasteiger partial charge in [-0.1, -0.05) is 24.3 Å². The summed E-state index contributed by atoms with van der Waals surface area (Å²) in [5.41, 5.74) is 7.27. The Hall–Kier alpha value is -4.86. The molecule has 4 aromatic rings. The van der Waals surface area contributed by atoms with Crippen LogP contribution >= 0.6 is 0 Å². The Morgan fingerprint density at radius 3 is 1.94 bits per heavy atom. The molecular formula is C24H22N6O4. The number of nitrogens with zero attached hydrogens (tertiary/aromatic N) is 4. The predicted octanol–water partition coefficient (Wildman–Crippen LogP) is 3.95. The van der Waals surface area contributed by atoms with Crippen LogP contribution in [-0.2, 0) is 0 Å². The molecule has 0 aliphatic carbocycles. The number of benzene rings is 3. The van der Waals surface area contributed by atoms with Crippen LogP contribution in [0.4, 0.5) is 11.8 Å². The second-order valence-electron chi connectivity index (χ2n) is 6.95. The summed E-state index contributed by atoms with van der Waals surface area (Å²) in [5, 5.41) is 29.5. The molecule has 1 heterocycles. The minimum absolute atomic E-state index is 0.0133. The Kier molecular flexibility index (Phi) is 6.68. The van der Waals surface area contributed by atoms with Gasteiger partial charge in [-0.2, -0.15) is 15.2 Å². The third kappa shape index (κ3) is 4.80. The lowest BCUT2D eigenvalue weighted by Gasteiger charge is -2.08. The highest BCUT2D eigenvalue weighted by atomic mass is 16.5. The molecule has 0 atom stereocenters. The maximum atomic E-state index is 10.2. The first kappa shape index (κ1) is 22.3. The largest absolute Gasteiger partial charge is 0.504 e. The van der Waals surface area contributed by atoms with Crippen LogP contribution in [0.15, 0.2) is 70.9 Å². The third-order valence-electron chi connectivity index (χ3n) is 4.85. The van der Waals surface area contributed by atoms with Crippen LogP contribution in [0.5, 0.6) is 23.0 Å². The second kappa shape index (κ2) is 10.2. The van der Waals surface area contributed by atoms with E-state index in [0.717, 1.165) is 5.39 Å². The van der Waals surface area contributed by atoms with Gasteiger partial charge in [0, 0.05) is 16.5 Å². The molecule has 10 nitrogen and oxygen atoms in total. The smallest absolute Gasteiger partial charge is 0.246 e. The zero-order valence-electron chi connectivity index (χ0n) is 18.4. The number of aromatic nitrogens is 2. The number of rotatable bonds is 8. The number of hydrogen-bond donors (Lipinski definition) is 4. The van der Waals surface area contributed by atoms with Crippen molar-refractivity contribution in [1.82, 2.24) is 9.97 Å². The molecular weight excluding hydrogens is 436 g/mol. The van der Waals surface area contributed by atoms with Gasteiger partial charge in [-0.05, 0) is 36.4 Å². The average molecular weight is 458 g/mol. The summed E-state index contributed by atoms with van der Waals surface area (Å²) in [6, 6.07) is 17.6. The van der Waals surface area contributed by atoms with E-state index in [1.165, 1.54) is 26.6 Å². The van der Waals surface area contributed by atoms with Crippen molar-refractivity contribution in [2.45, 2.75) is 0 Å². The molecule has 10 heteroatoms. The van der Waals surface area contributed by atoms with Gasteiger partial charge in [-0.25, -0.2) is 10.4 Å². The molecule has 0 amide bonds. The van der Waals surface area contributed by atoms with Crippen molar-refractivity contribution in [3.05, 3.63) is 71.8 Å². The van der Waals surface area contributed by atoms with Gasteiger partial charge in [0.2, 0.25) is 5.95 Å². The van der Waals surface area contributed by atoms with E-state index in [4.69, 9.17) is 9.47 Å². The first-order valence-electron chi connectivity index (χ1n) is 10.2. The van der Waals surface area contributed by atoms with Crippen LogP contribution in [0.3, 0.4) is 0 Å². The number of aromatic hydroxyl groups is 2. The molecule has 0 aliphatic heterocycles. The predicted molar refractivity (Wildman–Crippen MR) is 131 cm³/mol. The van der Waals surface area contributed by atoms with E-state index in [-0.39, 0.29) is 17.4 Å². The van der Waals surface area contributed by atoms with E-state index in [9.17, 15) is 10.2 Å². The summed E-state index contributed by atoms with van der Waals surface area (Å²) in [5.74, 6) is 1.32. The van der Waals surface area contributed by atoms with Crippen molar-refractivity contribution in [1.29, 1.82) is 0 Å². The monoisotopic (exact) mass is 458 g/mol. The van der Waals surface area contributed by atoms with Crippen molar-refractivity contribution in [2.24, 2.45) is 10.2 Å². The average Bonchev–Trinajstić information content (AvgIpc) is 2.86. The number of hydrogen-bond acceptors (Lipinski definition) is 10. The number of hydrazone groups is 2. The standard InChI is InChI=1S/C24H22N6O4/c1-33-19-11-5-7-15(21(19)31)13-25-29-23-17-9-3-4-10-18(17)27-24(28-23)30-26-14-16-8-6-12-20(34-2)22(16)32/h3-14,31-32H,1-2H3,(H2,27,28,29,30)/b25-13+,26-14+. The van der Waals surface area contributed by atoms with E-state index in [2.05, 4.69) is 31.0 Å². The summed E-state index contributed by atoms with van der Waals surface area (Å²) in [4.78, 5) is 8.90. The van der Waals surface area contributed by atoms with E-state index in [1.54, 1.807) is 36.4 Å². The van der Waals surface area contributed by atoms with Gasteiger partial charge in [0.25, 0.3) is 0 Å². The van der Waals surface area contributed by atoms with Crippen molar-refractivity contribution >= 4 is 35.1 Å². The molecule has 3 aromatic carbocycles.